The number of nitrogens with zero attached hydrogens (tertiary/aromatic N) is 1. The number of nitrogens with two attached hydrogens (primary N) is 1. The molecule has 0 aromatic rings. The van der Waals surface area contributed by atoms with Gasteiger partial charge in [-0.25, -0.2) is 0 Å². The van der Waals surface area contributed by atoms with E-state index in [1.54, 1.807) is 0 Å². The summed E-state index contributed by atoms with van der Waals surface area (Å²) in [6.45, 7) is 13.6. The molecule has 2 nitrogen and oxygen atoms in total. The summed E-state index contributed by atoms with van der Waals surface area (Å²) in [6, 6.07) is 0. The highest BCUT2D eigenvalue weighted by molar-refractivity contribution is 4.99. The van der Waals surface area contributed by atoms with Gasteiger partial charge in [-0.3, -0.25) is 4.90 Å². The van der Waals surface area contributed by atoms with Crippen molar-refractivity contribution in [3.05, 3.63) is 0 Å². The maximum absolute atomic E-state index is 6.14. The molecule has 0 saturated heterocycles. The van der Waals surface area contributed by atoms with Gasteiger partial charge in [-0.2, -0.15) is 0 Å². The number of likely N-dealkylation sites (N-methyl/N-ethyl adjacent to an activating group) is 1. The van der Waals surface area contributed by atoms with Crippen molar-refractivity contribution < 1.29 is 0 Å². The molecular formula is C15H32N2. The van der Waals surface area contributed by atoms with Gasteiger partial charge in [0.1, 0.15) is 0 Å². The van der Waals surface area contributed by atoms with Gasteiger partial charge in [-0.05, 0) is 37.1 Å². The van der Waals surface area contributed by atoms with Gasteiger partial charge in [0.2, 0.25) is 0 Å². The van der Waals surface area contributed by atoms with Gasteiger partial charge in [-0.1, -0.05) is 41.0 Å². The molecule has 1 unspecified atom stereocenters. The summed E-state index contributed by atoms with van der Waals surface area (Å²) >= 11 is 0. The SMILES string of the molecule is CN(CC(C)(C)C)C1(CN)CCCC(C)(C)C1. The summed E-state index contributed by atoms with van der Waals surface area (Å²) < 4.78 is 0. The molecule has 0 aliphatic heterocycles. The van der Waals surface area contributed by atoms with Crippen molar-refractivity contribution in [2.45, 2.75) is 65.8 Å². The van der Waals surface area contributed by atoms with Crippen LogP contribution in [0.15, 0.2) is 0 Å². The van der Waals surface area contributed by atoms with Crippen LogP contribution in [0, 0.1) is 10.8 Å². The van der Waals surface area contributed by atoms with E-state index in [1.165, 1.54) is 25.7 Å². The largest absolute Gasteiger partial charge is 0.329 e. The van der Waals surface area contributed by atoms with Gasteiger partial charge in [0, 0.05) is 18.6 Å². The molecule has 17 heavy (non-hydrogen) atoms. The van der Waals surface area contributed by atoms with Gasteiger partial charge in [0.05, 0.1) is 0 Å². The van der Waals surface area contributed by atoms with Crippen LogP contribution in [0.4, 0.5) is 0 Å². The molecule has 102 valence electrons. The molecule has 2 heteroatoms. The molecule has 0 bridgehead atoms. The fourth-order valence-corrected chi connectivity index (χ4v) is 3.50. The van der Waals surface area contributed by atoms with E-state index in [1.807, 2.05) is 0 Å². The van der Waals surface area contributed by atoms with E-state index in [0.29, 0.717) is 10.8 Å². The Hall–Kier alpha value is -0.0800. The third kappa shape index (κ3) is 3.96. The van der Waals surface area contributed by atoms with Gasteiger partial charge < -0.3 is 5.73 Å². The molecule has 2 N–H and O–H groups in total. The van der Waals surface area contributed by atoms with Crippen LogP contribution in [-0.4, -0.2) is 30.6 Å². The van der Waals surface area contributed by atoms with Crippen LogP contribution in [0.3, 0.4) is 0 Å². The summed E-state index contributed by atoms with van der Waals surface area (Å²) in [4.78, 5) is 2.54. The van der Waals surface area contributed by atoms with Crippen LogP contribution in [0.1, 0.15) is 60.3 Å². The Bertz CT molecular complexity index is 252. The highest BCUT2D eigenvalue weighted by Gasteiger charge is 2.42. The normalized spacial score (nSPS) is 29.6. The zero-order valence-corrected chi connectivity index (χ0v) is 12.8. The molecule has 1 aliphatic rings. The highest BCUT2D eigenvalue weighted by Crippen LogP contribution is 2.43. The first-order chi connectivity index (χ1) is 7.60. The Balaban J connectivity index is 2.80. The fraction of sp³-hybridized carbons (Fsp3) is 1.00. The topological polar surface area (TPSA) is 29.3 Å². The van der Waals surface area contributed by atoms with E-state index in [9.17, 15) is 0 Å². The minimum Gasteiger partial charge on any atom is -0.329 e. The van der Waals surface area contributed by atoms with Crippen LogP contribution in [0.2, 0.25) is 0 Å². The van der Waals surface area contributed by atoms with Crippen molar-refractivity contribution in [1.29, 1.82) is 0 Å². The first kappa shape index (κ1) is 15.0. The monoisotopic (exact) mass is 240 g/mol. The lowest BCUT2D eigenvalue weighted by Gasteiger charge is -2.51. The van der Waals surface area contributed by atoms with Crippen LogP contribution >= 0.6 is 0 Å². The lowest BCUT2D eigenvalue weighted by molar-refractivity contribution is 0.00922. The van der Waals surface area contributed by atoms with E-state index < -0.39 is 0 Å². The maximum Gasteiger partial charge on any atom is 0.0334 e. The van der Waals surface area contributed by atoms with Crippen LogP contribution in [-0.2, 0) is 0 Å². The second-order valence-electron chi connectivity index (χ2n) is 8.04. The molecule has 1 fully saturated rings. The number of hydrogen-bond donors (Lipinski definition) is 1. The van der Waals surface area contributed by atoms with Crippen LogP contribution < -0.4 is 5.73 Å². The van der Waals surface area contributed by atoms with Gasteiger partial charge in [-0.15, -0.1) is 0 Å². The Labute approximate surface area is 108 Å². The van der Waals surface area contributed by atoms with E-state index in [4.69, 9.17) is 5.73 Å². The van der Waals surface area contributed by atoms with Gasteiger partial charge in [0.15, 0.2) is 0 Å². The van der Waals surface area contributed by atoms with E-state index in [2.05, 4.69) is 46.6 Å². The first-order valence-corrected chi connectivity index (χ1v) is 7.02. The third-order valence-electron chi connectivity index (χ3n) is 4.20. The molecule has 1 rings (SSSR count). The number of hydrogen-bond acceptors (Lipinski definition) is 2. The summed E-state index contributed by atoms with van der Waals surface area (Å²) in [5.74, 6) is 0. The Morgan fingerprint density at radius 3 is 2.18 bits per heavy atom. The molecule has 0 spiro atoms. The Kier molecular flexibility index (Phi) is 4.31. The second-order valence-corrected chi connectivity index (χ2v) is 8.04. The summed E-state index contributed by atoms with van der Waals surface area (Å²) in [6.07, 6.45) is 5.17. The molecule has 0 amide bonds. The molecule has 1 saturated carbocycles. The second kappa shape index (κ2) is 4.89. The predicted molar refractivity (Wildman–Crippen MR) is 76.1 cm³/mol. The summed E-state index contributed by atoms with van der Waals surface area (Å²) in [7, 11) is 2.26. The average molecular weight is 240 g/mol. The highest BCUT2D eigenvalue weighted by atomic mass is 15.2. The summed E-state index contributed by atoms with van der Waals surface area (Å²) in [5, 5.41) is 0. The molecule has 1 aliphatic carbocycles. The predicted octanol–water partition coefficient (Wildman–Crippen LogP) is 3.26. The first-order valence-electron chi connectivity index (χ1n) is 7.02. The van der Waals surface area contributed by atoms with Crippen molar-refractivity contribution in [2.75, 3.05) is 20.1 Å². The molecule has 1 atom stereocenters. The average Bonchev–Trinajstić information content (AvgIpc) is 2.13. The van der Waals surface area contributed by atoms with Gasteiger partial charge in [0.25, 0.3) is 0 Å². The Morgan fingerprint density at radius 2 is 1.76 bits per heavy atom. The fourth-order valence-electron chi connectivity index (χ4n) is 3.50. The zero-order chi connectivity index (χ0) is 13.3. The van der Waals surface area contributed by atoms with E-state index >= 15 is 0 Å². The molecule has 0 heterocycles. The lowest BCUT2D eigenvalue weighted by atomic mass is 9.67. The van der Waals surface area contributed by atoms with Crippen LogP contribution in [0.5, 0.6) is 0 Å². The minimum absolute atomic E-state index is 0.231. The summed E-state index contributed by atoms with van der Waals surface area (Å²) in [5.41, 5.74) is 7.16. The van der Waals surface area contributed by atoms with Gasteiger partial charge >= 0.3 is 0 Å². The zero-order valence-electron chi connectivity index (χ0n) is 12.8. The molecule has 0 aromatic carbocycles. The van der Waals surface area contributed by atoms with Crippen molar-refractivity contribution in [1.82, 2.24) is 4.90 Å². The number of rotatable bonds is 3. The quantitative estimate of drug-likeness (QED) is 0.820. The smallest absolute Gasteiger partial charge is 0.0334 e. The minimum atomic E-state index is 0.231. The van der Waals surface area contributed by atoms with Crippen LogP contribution in [0.25, 0.3) is 0 Å². The van der Waals surface area contributed by atoms with Crippen molar-refractivity contribution in [3.63, 3.8) is 0 Å². The molecule has 0 radical (unpaired) electrons. The van der Waals surface area contributed by atoms with E-state index in [-0.39, 0.29) is 5.54 Å². The molecule has 0 aromatic heterocycles. The lowest BCUT2D eigenvalue weighted by Crippen LogP contribution is -2.57. The van der Waals surface area contributed by atoms with Crippen molar-refractivity contribution >= 4 is 0 Å². The van der Waals surface area contributed by atoms with Crippen molar-refractivity contribution in [2.24, 2.45) is 16.6 Å². The third-order valence-corrected chi connectivity index (χ3v) is 4.20. The molecular weight excluding hydrogens is 208 g/mol. The maximum atomic E-state index is 6.14. The standard InChI is InChI=1S/C15H32N2/c1-13(2,3)12-17(6)15(11-16)9-7-8-14(4,5)10-15/h7-12,16H2,1-6H3. The Morgan fingerprint density at radius 1 is 1.18 bits per heavy atom. The van der Waals surface area contributed by atoms with Crippen molar-refractivity contribution in [3.8, 4) is 0 Å². The van der Waals surface area contributed by atoms with E-state index in [0.717, 1.165) is 13.1 Å².